The van der Waals surface area contributed by atoms with Crippen molar-refractivity contribution in [1.29, 1.82) is 0 Å². The number of hydrogen-bond acceptors (Lipinski definition) is 7. The van der Waals surface area contributed by atoms with E-state index in [1.54, 1.807) is 17.9 Å². The number of carbonyl (C=O) groups is 1. The third-order valence-corrected chi connectivity index (χ3v) is 6.28. The molecular weight excluding hydrogens is 418 g/mol. The average Bonchev–Trinajstić information content (AvgIpc) is 3.37. The van der Waals surface area contributed by atoms with Crippen LogP contribution in [0, 0.1) is 12.8 Å². The van der Waals surface area contributed by atoms with E-state index in [0.29, 0.717) is 34.6 Å². The fourth-order valence-electron chi connectivity index (χ4n) is 4.61. The van der Waals surface area contributed by atoms with Gasteiger partial charge in [-0.05, 0) is 37.0 Å². The summed E-state index contributed by atoms with van der Waals surface area (Å²) in [6.07, 6.45) is 5.58. The highest BCUT2D eigenvalue weighted by Crippen LogP contribution is 2.54. The summed E-state index contributed by atoms with van der Waals surface area (Å²) in [6, 6.07) is 6.04. The van der Waals surface area contributed by atoms with Crippen LogP contribution in [0.5, 0.6) is 0 Å². The van der Waals surface area contributed by atoms with E-state index >= 15 is 0 Å². The molecule has 3 atom stereocenters. The minimum absolute atomic E-state index is 0.300. The van der Waals surface area contributed by atoms with Crippen molar-refractivity contribution >= 4 is 23.7 Å². The highest BCUT2D eigenvalue weighted by atomic mass is 35.5. The molecule has 1 saturated carbocycles. The van der Waals surface area contributed by atoms with Crippen LogP contribution in [0.25, 0.3) is 11.4 Å². The van der Waals surface area contributed by atoms with Gasteiger partial charge >= 0.3 is 0 Å². The first-order chi connectivity index (χ1) is 14.9. The van der Waals surface area contributed by atoms with Crippen LogP contribution >= 0.6 is 11.6 Å². The number of anilines is 1. The summed E-state index contributed by atoms with van der Waals surface area (Å²) in [6.45, 7) is 3.99. The Hall–Kier alpha value is -2.94. The van der Waals surface area contributed by atoms with Crippen molar-refractivity contribution in [2.45, 2.75) is 44.7 Å². The van der Waals surface area contributed by atoms with Crippen LogP contribution in [0.2, 0.25) is 5.02 Å². The van der Waals surface area contributed by atoms with Crippen molar-refractivity contribution in [3.63, 3.8) is 0 Å². The van der Waals surface area contributed by atoms with Gasteiger partial charge in [0.25, 0.3) is 0 Å². The number of aromatic nitrogens is 5. The molecule has 3 aliphatic rings. The lowest BCUT2D eigenvalue weighted by molar-refractivity contribution is -0.165. The lowest BCUT2D eigenvalue weighted by Crippen LogP contribution is -2.67. The second-order valence-electron chi connectivity index (χ2n) is 8.26. The van der Waals surface area contributed by atoms with Gasteiger partial charge in [0.1, 0.15) is 11.9 Å². The third kappa shape index (κ3) is 3.89. The summed E-state index contributed by atoms with van der Waals surface area (Å²) < 4.78 is 7.17. The molecule has 3 fully saturated rings. The van der Waals surface area contributed by atoms with Crippen LogP contribution < -0.4 is 5.32 Å². The summed E-state index contributed by atoms with van der Waals surface area (Å²) in [5.41, 5.74) is 1.52. The minimum Gasteiger partial charge on any atom is -0.423 e. The Labute approximate surface area is 185 Å². The van der Waals surface area contributed by atoms with Crippen molar-refractivity contribution in [1.82, 2.24) is 29.9 Å². The molecule has 4 heterocycles. The standard InChI is InChI=1S/C11H15N3O2.C10H11ClN4/c1-7-3-9-5-11(4-7,14(9)6-15)10-13-12-8(2)16-10;1-12-7-3-4-9(11)8(5-7)10-13-6-15(2)14-10/h6-7,9H,3-5H2,1-2H3;3-6,12H,1-2H3. The second-order valence-corrected chi connectivity index (χ2v) is 8.67. The number of benzene rings is 1. The van der Waals surface area contributed by atoms with Gasteiger partial charge in [0.05, 0.1) is 5.02 Å². The molecule has 6 rings (SSSR count). The van der Waals surface area contributed by atoms with E-state index in [-0.39, 0.29) is 5.54 Å². The van der Waals surface area contributed by atoms with Gasteiger partial charge in [0.15, 0.2) is 5.82 Å². The Bertz CT molecular complexity index is 1080. The quantitative estimate of drug-likeness (QED) is 0.616. The maximum absolute atomic E-state index is 11.1. The van der Waals surface area contributed by atoms with Gasteiger partial charge in [-0.1, -0.05) is 18.5 Å². The number of piperidine rings is 1. The number of nitrogens with one attached hydrogen (secondary N) is 1. The molecule has 3 aromatic rings. The van der Waals surface area contributed by atoms with E-state index in [2.05, 4.69) is 32.5 Å². The molecule has 2 saturated heterocycles. The van der Waals surface area contributed by atoms with Crippen LogP contribution in [0.1, 0.15) is 38.0 Å². The van der Waals surface area contributed by atoms with E-state index in [4.69, 9.17) is 16.0 Å². The molecule has 2 aliphatic heterocycles. The van der Waals surface area contributed by atoms with E-state index < -0.39 is 0 Å². The van der Waals surface area contributed by atoms with E-state index in [1.807, 2.05) is 37.2 Å². The van der Waals surface area contributed by atoms with E-state index in [0.717, 1.165) is 36.9 Å². The maximum Gasteiger partial charge on any atom is 0.242 e. The maximum atomic E-state index is 11.1. The van der Waals surface area contributed by atoms with Crippen LogP contribution in [0.15, 0.2) is 28.9 Å². The number of halogens is 1. The van der Waals surface area contributed by atoms with Gasteiger partial charge in [-0.25, -0.2) is 4.98 Å². The smallest absolute Gasteiger partial charge is 0.242 e. The number of aryl methyl sites for hydroxylation is 2. The molecular formula is C21H26ClN7O2. The Balaban J connectivity index is 0.000000150. The summed E-state index contributed by atoms with van der Waals surface area (Å²) in [5.74, 6) is 2.43. The summed E-state index contributed by atoms with van der Waals surface area (Å²) in [5, 5.41) is 15.9. The molecule has 164 valence electrons. The SMILES string of the molecule is CNc1ccc(Cl)c(-c2ncn(C)n2)c1.Cc1nnc(C23CC(C)CC(C2)N3C=O)o1. The fourth-order valence-corrected chi connectivity index (χ4v) is 4.81. The van der Waals surface area contributed by atoms with Gasteiger partial charge in [-0.3, -0.25) is 9.48 Å². The zero-order chi connectivity index (χ0) is 22.2. The molecule has 2 bridgehead atoms. The van der Waals surface area contributed by atoms with Crippen LogP contribution in [0.4, 0.5) is 5.69 Å². The Morgan fingerprint density at radius 3 is 2.74 bits per heavy atom. The molecule has 1 aromatic carbocycles. The van der Waals surface area contributed by atoms with E-state index in [1.165, 1.54) is 0 Å². The molecule has 1 amide bonds. The predicted molar refractivity (Wildman–Crippen MR) is 116 cm³/mol. The molecule has 1 aliphatic carbocycles. The molecule has 10 heteroatoms. The van der Waals surface area contributed by atoms with Crippen LogP contribution in [-0.2, 0) is 17.4 Å². The number of amides is 1. The first kappa shape index (κ1) is 21.3. The van der Waals surface area contributed by atoms with Crippen LogP contribution in [0.3, 0.4) is 0 Å². The van der Waals surface area contributed by atoms with Crippen molar-refractivity contribution in [3.05, 3.63) is 41.3 Å². The minimum atomic E-state index is -0.300. The number of fused-ring (bicyclic) bond motifs is 2. The van der Waals surface area contributed by atoms with Crippen molar-refractivity contribution in [2.75, 3.05) is 12.4 Å². The van der Waals surface area contributed by atoms with Gasteiger partial charge in [0, 0.05) is 44.7 Å². The van der Waals surface area contributed by atoms with Crippen molar-refractivity contribution < 1.29 is 9.21 Å². The average molecular weight is 444 g/mol. The lowest BCUT2D eigenvalue weighted by atomic mass is 9.64. The van der Waals surface area contributed by atoms with Gasteiger partial charge < -0.3 is 14.6 Å². The summed E-state index contributed by atoms with van der Waals surface area (Å²) >= 11 is 6.08. The largest absolute Gasteiger partial charge is 0.423 e. The number of rotatable bonds is 4. The predicted octanol–water partition coefficient (Wildman–Crippen LogP) is 3.41. The van der Waals surface area contributed by atoms with Gasteiger partial charge in [-0.2, -0.15) is 5.10 Å². The number of hydrogen-bond donors (Lipinski definition) is 1. The summed E-state index contributed by atoms with van der Waals surface area (Å²) in [4.78, 5) is 17.2. The molecule has 31 heavy (non-hydrogen) atoms. The Kier molecular flexibility index (Phi) is 5.70. The first-order valence-corrected chi connectivity index (χ1v) is 10.6. The highest BCUT2D eigenvalue weighted by Gasteiger charge is 2.59. The second kappa shape index (κ2) is 8.30. The number of carbonyl (C=O) groups excluding carboxylic acids is 1. The monoisotopic (exact) mass is 443 g/mol. The molecule has 0 radical (unpaired) electrons. The number of nitrogens with zero attached hydrogens (tertiary/aromatic N) is 6. The van der Waals surface area contributed by atoms with Crippen molar-refractivity contribution in [2.24, 2.45) is 13.0 Å². The molecule has 3 unspecified atom stereocenters. The molecule has 1 N–H and O–H groups in total. The van der Waals surface area contributed by atoms with Crippen molar-refractivity contribution in [3.8, 4) is 11.4 Å². The van der Waals surface area contributed by atoms with Gasteiger partial charge in [-0.15, -0.1) is 10.2 Å². The zero-order valence-corrected chi connectivity index (χ0v) is 18.8. The Morgan fingerprint density at radius 2 is 2.13 bits per heavy atom. The van der Waals surface area contributed by atoms with Gasteiger partial charge in [0.2, 0.25) is 18.2 Å². The fraction of sp³-hybridized carbons (Fsp3) is 0.476. The molecule has 9 nitrogen and oxygen atoms in total. The van der Waals surface area contributed by atoms with Crippen LogP contribution in [-0.4, -0.2) is 49.4 Å². The topological polar surface area (TPSA) is 102 Å². The third-order valence-electron chi connectivity index (χ3n) is 5.95. The zero-order valence-electron chi connectivity index (χ0n) is 18.0. The molecule has 0 spiro atoms. The highest BCUT2D eigenvalue weighted by molar-refractivity contribution is 6.33. The lowest BCUT2D eigenvalue weighted by Gasteiger charge is -2.60. The first-order valence-electron chi connectivity index (χ1n) is 10.2. The Morgan fingerprint density at radius 1 is 1.32 bits per heavy atom. The normalized spacial score (nSPS) is 24.1. The summed E-state index contributed by atoms with van der Waals surface area (Å²) in [7, 11) is 3.69. The van der Waals surface area contributed by atoms with E-state index in [9.17, 15) is 4.79 Å². The molecule has 2 aromatic heterocycles.